The Morgan fingerprint density at radius 2 is 1.79 bits per heavy atom. The number of piperidine rings is 1. The van der Waals surface area contributed by atoms with Gasteiger partial charge in [0, 0.05) is 11.9 Å². The molecule has 2 atom stereocenters. The lowest BCUT2D eigenvalue weighted by Gasteiger charge is -2.39. The lowest BCUT2D eigenvalue weighted by Crippen LogP contribution is -2.63. The monoisotopic (exact) mass is 549 g/mol. The van der Waals surface area contributed by atoms with Crippen LogP contribution in [-0.4, -0.2) is 52.1 Å². The average Bonchev–Trinajstić information content (AvgIpc) is 3.39. The molecular formula is C30H35N3O5S. The molecule has 5 rings (SSSR count). The van der Waals surface area contributed by atoms with Gasteiger partial charge in [-0.1, -0.05) is 49.6 Å². The summed E-state index contributed by atoms with van der Waals surface area (Å²) >= 11 is -1.18. The van der Waals surface area contributed by atoms with Crippen molar-refractivity contribution in [3.63, 3.8) is 0 Å². The van der Waals surface area contributed by atoms with E-state index >= 15 is 0 Å². The van der Waals surface area contributed by atoms with Gasteiger partial charge in [-0.15, -0.1) is 0 Å². The van der Waals surface area contributed by atoms with Crippen LogP contribution in [0.4, 0.5) is 5.69 Å². The quantitative estimate of drug-likeness (QED) is 0.424. The van der Waals surface area contributed by atoms with Crippen molar-refractivity contribution in [2.45, 2.75) is 74.1 Å². The van der Waals surface area contributed by atoms with Crippen molar-refractivity contribution in [2.75, 3.05) is 18.0 Å². The van der Waals surface area contributed by atoms with E-state index in [0.717, 1.165) is 35.2 Å². The fourth-order valence-corrected chi connectivity index (χ4v) is 6.68. The smallest absolute Gasteiger partial charge is 0.287 e. The third-order valence-electron chi connectivity index (χ3n) is 7.72. The zero-order valence-electron chi connectivity index (χ0n) is 22.4. The summed E-state index contributed by atoms with van der Waals surface area (Å²) in [7, 11) is 0. The van der Waals surface area contributed by atoms with Crippen LogP contribution in [0.1, 0.15) is 62.9 Å². The summed E-state index contributed by atoms with van der Waals surface area (Å²) in [6.07, 6.45) is 4.05. The molecule has 1 saturated carbocycles. The number of amides is 2. The number of benzene rings is 2. The van der Waals surface area contributed by atoms with Gasteiger partial charge in [-0.3, -0.25) is 14.4 Å². The second kappa shape index (κ2) is 11.4. The van der Waals surface area contributed by atoms with E-state index < -0.39 is 28.7 Å². The van der Waals surface area contributed by atoms with Crippen LogP contribution in [0.25, 0.3) is 11.0 Å². The molecule has 2 N–H and O–H groups in total. The van der Waals surface area contributed by atoms with E-state index in [-0.39, 0.29) is 29.2 Å². The molecule has 2 unspecified atom stereocenters. The molecule has 1 aliphatic carbocycles. The number of anilines is 1. The molecule has 9 heteroatoms. The third kappa shape index (κ3) is 5.70. The predicted molar refractivity (Wildman–Crippen MR) is 151 cm³/mol. The minimum atomic E-state index is -1.18. The summed E-state index contributed by atoms with van der Waals surface area (Å²) in [4.78, 5) is 42.8. The van der Waals surface area contributed by atoms with Crippen molar-refractivity contribution in [1.29, 1.82) is 0 Å². The van der Waals surface area contributed by atoms with E-state index in [9.17, 15) is 18.9 Å². The SMILES string of the molecule is CC(C)[S+]([O-])c1ccccc1N1CCC(NC(=O)C2(NC(=O)c3cc4ccccc4o3)CCCCC2)C(=O)C1. The minimum absolute atomic E-state index is 0.0415. The molecule has 3 aromatic rings. The molecule has 1 saturated heterocycles. The molecule has 8 nitrogen and oxygen atoms in total. The van der Waals surface area contributed by atoms with Crippen molar-refractivity contribution < 1.29 is 23.4 Å². The van der Waals surface area contributed by atoms with Crippen molar-refractivity contribution >= 4 is 45.4 Å². The van der Waals surface area contributed by atoms with Crippen LogP contribution in [0.15, 0.2) is 63.9 Å². The van der Waals surface area contributed by atoms with Gasteiger partial charge < -0.3 is 24.5 Å². The molecule has 1 aliphatic heterocycles. The van der Waals surface area contributed by atoms with Crippen LogP contribution in [0.3, 0.4) is 0 Å². The Bertz CT molecular complexity index is 1330. The van der Waals surface area contributed by atoms with Gasteiger partial charge in [0.15, 0.2) is 16.4 Å². The zero-order valence-corrected chi connectivity index (χ0v) is 23.2. The first-order valence-electron chi connectivity index (χ1n) is 13.7. The number of para-hydroxylation sites is 2. The molecule has 0 radical (unpaired) electrons. The van der Waals surface area contributed by atoms with Crippen LogP contribution in [0, 0.1) is 0 Å². The van der Waals surface area contributed by atoms with Gasteiger partial charge >= 0.3 is 0 Å². The van der Waals surface area contributed by atoms with Gasteiger partial charge in [-0.25, -0.2) is 0 Å². The largest absolute Gasteiger partial charge is 0.611 e. The van der Waals surface area contributed by atoms with Crippen LogP contribution in [0.2, 0.25) is 0 Å². The summed E-state index contributed by atoms with van der Waals surface area (Å²) < 4.78 is 18.6. The fraction of sp³-hybridized carbons (Fsp3) is 0.433. The highest BCUT2D eigenvalue weighted by Crippen LogP contribution is 2.32. The minimum Gasteiger partial charge on any atom is -0.611 e. The predicted octanol–water partition coefficient (Wildman–Crippen LogP) is 4.35. The summed E-state index contributed by atoms with van der Waals surface area (Å²) in [5.74, 6) is -0.691. The Kier molecular flexibility index (Phi) is 8.00. The van der Waals surface area contributed by atoms with Crippen molar-refractivity contribution in [2.24, 2.45) is 0 Å². The first-order chi connectivity index (χ1) is 18.8. The lowest BCUT2D eigenvalue weighted by atomic mass is 9.80. The summed E-state index contributed by atoms with van der Waals surface area (Å²) in [6.45, 7) is 4.48. The van der Waals surface area contributed by atoms with Crippen LogP contribution < -0.4 is 15.5 Å². The number of carbonyl (C=O) groups is 3. The Labute approximate surface area is 231 Å². The fourth-order valence-electron chi connectivity index (χ4n) is 5.56. The second-order valence-electron chi connectivity index (χ2n) is 10.8. The Morgan fingerprint density at radius 1 is 1.08 bits per heavy atom. The van der Waals surface area contributed by atoms with Crippen molar-refractivity contribution in [3.8, 4) is 0 Å². The molecule has 2 aromatic carbocycles. The Balaban J connectivity index is 1.28. The maximum atomic E-state index is 13.7. The number of furan rings is 1. The van der Waals surface area contributed by atoms with Gasteiger partial charge in [-0.2, -0.15) is 0 Å². The summed E-state index contributed by atoms with van der Waals surface area (Å²) in [5, 5.41) is 6.73. The molecule has 0 bridgehead atoms. The van der Waals surface area contributed by atoms with Gasteiger partial charge in [0.1, 0.15) is 16.4 Å². The van der Waals surface area contributed by atoms with Gasteiger partial charge in [0.25, 0.3) is 5.91 Å². The van der Waals surface area contributed by atoms with Crippen molar-refractivity contribution in [3.05, 3.63) is 60.4 Å². The van der Waals surface area contributed by atoms with Gasteiger partial charge in [0.05, 0.1) is 18.3 Å². The maximum absolute atomic E-state index is 13.7. The normalized spacial score (nSPS) is 20.2. The number of fused-ring (bicyclic) bond motifs is 1. The number of rotatable bonds is 7. The lowest BCUT2D eigenvalue weighted by molar-refractivity contribution is -0.133. The highest BCUT2D eigenvalue weighted by atomic mass is 32.2. The molecule has 0 spiro atoms. The van der Waals surface area contributed by atoms with Crippen LogP contribution >= 0.6 is 0 Å². The van der Waals surface area contributed by atoms with E-state index in [1.807, 2.05) is 61.2 Å². The second-order valence-corrected chi connectivity index (χ2v) is 12.7. The maximum Gasteiger partial charge on any atom is 0.287 e. The van der Waals surface area contributed by atoms with E-state index in [4.69, 9.17) is 4.42 Å². The summed E-state index contributed by atoms with van der Waals surface area (Å²) in [6, 6.07) is 15.9. The van der Waals surface area contributed by atoms with Crippen molar-refractivity contribution in [1.82, 2.24) is 10.6 Å². The molecule has 2 amide bonds. The zero-order chi connectivity index (χ0) is 27.6. The van der Waals surface area contributed by atoms with Crippen LogP contribution in [-0.2, 0) is 20.8 Å². The molecule has 39 heavy (non-hydrogen) atoms. The Hall–Kier alpha value is -3.30. The molecule has 206 valence electrons. The molecular weight excluding hydrogens is 514 g/mol. The number of Topliss-reactive ketones (excluding diaryl/α,β-unsaturated/α-hetero) is 1. The van der Waals surface area contributed by atoms with Gasteiger partial charge in [-0.05, 0) is 68.6 Å². The highest BCUT2D eigenvalue weighted by Gasteiger charge is 2.43. The first kappa shape index (κ1) is 27.3. The molecule has 1 aromatic heterocycles. The van der Waals surface area contributed by atoms with E-state index in [1.165, 1.54) is 0 Å². The van der Waals surface area contributed by atoms with Crippen LogP contribution in [0.5, 0.6) is 0 Å². The number of hydrogen-bond donors (Lipinski definition) is 2. The van der Waals surface area contributed by atoms with E-state index in [2.05, 4.69) is 10.6 Å². The number of nitrogens with zero attached hydrogens (tertiary/aromatic N) is 1. The summed E-state index contributed by atoms with van der Waals surface area (Å²) in [5.41, 5.74) is 0.317. The Morgan fingerprint density at radius 3 is 2.51 bits per heavy atom. The number of nitrogens with one attached hydrogen (secondary N) is 2. The average molecular weight is 550 g/mol. The number of hydrogen-bond acceptors (Lipinski definition) is 6. The van der Waals surface area contributed by atoms with E-state index in [0.29, 0.717) is 31.4 Å². The molecule has 2 heterocycles. The first-order valence-corrected chi connectivity index (χ1v) is 14.9. The highest BCUT2D eigenvalue weighted by molar-refractivity contribution is 7.92. The standard InChI is InChI=1S/C30H35N3O5S/c1-20(2)39(37)27-13-7-5-11-23(27)33-17-14-22(24(34)19-33)31-29(36)30(15-8-3-9-16-30)32-28(35)26-18-21-10-4-6-12-25(21)38-26/h4-7,10-13,18,20,22H,3,8-9,14-17,19H2,1-2H3,(H,31,36)(H,32,35). The van der Waals surface area contributed by atoms with Gasteiger partial charge in [0.2, 0.25) is 5.91 Å². The molecule has 2 aliphatic rings. The number of carbonyl (C=O) groups excluding carboxylic acids is 3. The third-order valence-corrected chi connectivity index (χ3v) is 9.36. The topological polar surface area (TPSA) is 115 Å². The van der Waals surface area contributed by atoms with E-state index in [1.54, 1.807) is 12.1 Å². The molecule has 2 fully saturated rings. The number of ketones is 1.